The molecule has 0 amide bonds. The molecule has 1 rings (SSSR count). The normalized spacial score (nSPS) is 32.9. The molecule has 0 aromatic carbocycles. The Hall–Kier alpha value is -0.550. The summed E-state index contributed by atoms with van der Waals surface area (Å²) in [5.74, 6) is 0.639. The van der Waals surface area contributed by atoms with Crippen molar-refractivity contribution in [2.75, 3.05) is 7.05 Å². The lowest BCUT2D eigenvalue weighted by molar-refractivity contribution is 0.108. The van der Waals surface area contributed by atoms with Gasteiger partial charge in [0.05, 0.1) is 6.07 Å². The third-order valence-electron chi connectivity index (χ3n) is 4.05. The molecule has 0 spiro atoms. The SMILES string of the molecule is CN[C@H]1CC[C@@](CC#N)(C(C)C)CC1. The predicted octanol–water partition coefficient (Wildman–Crippen LogP) is 2.70. The van der Waals surface area contributed by atoms with Gasteiger partial charge in [0.2, 0.25) is 0 Å². The van der Waals surface area contributed by atoms with E-state index in [1.54, 1.807) is 0 Å². The second kappa shape index (κ2) is 4.79. The molecule has 80 valence electrons. The van der Waals surface area contributed by atoms with Crippen molar-refractivity contribution in [1.82, 2.24) is 5.32 Å². The van der Waals surface area contributed by atoms with Gasteiger partial charge in [0, 0.05) is 12.5 Å². The Morgan fingerprint density at radius 3 is 2.36 bits per heavy atom. The zero-order valence-electron chi connectivity index (χ0n) is 9.64. The molecule has 0 heterocycles. The van der Waals surface area contributed by atoms with Crippen molar-refractivity contribution in [3.63, 3.8) is 0 Å². The Morgan fingerprint density at radius 1 is 1.43 bits per heavy atom. The van der Waals surface area contributed by atoms with E-state index in [1.807, 2.05) is 7.05 Å². The summed E-state index contributed by atoms with van der Waals surface area (Å²) in [7, 11) is 2.04. The van der Waals surface area contributed by atoms with Crippen LogP contribution in [0.3, 0.4) is 0 Å². The highest BCUT2D eigenvalue weighted by molar-refractivity contribution is 4.95. The van der Waals surface area contributed by atoms with Gasteiger partial charge in [-0.15, -0.1) is 0 Å². The molecule has 0 saturated heterocycles. The standard InChI is InChI=1S/C12H22N2/c1-10(2)12(8-9-13)6-4-11(14-3)5-7-12/h10-11,14H,4-8H2,1-3H3/t11-,12+. The highest BCUT2D eigenvalue weighted by Gasteiger charge is 2.37. The van der Waals surface area contributed by atoms with E-state index in [0.717, 1.165) is 6.42 Å². The van der Waals surface area contributed by atoms with Gasteiger partial charge >= 0.3 is 0 Å². The van der Waals surface area contributed by atoms with Crippen LogP contribution in [0.4, 0.5) is 0 Å². The maximum Gasteiger partial charge on any atom is 0.0627 e. The summed E-state index contributed by atoms with van der Waals surface area (Å²) in [5, 5.41) is 12.2. The quantitative estimate of drug-likeness (QED) is 0.750. The van der Waals surface area contributed by atoms with E-state index in [9.17, 15) is 0 Å². The molecule has 14 heavy (non-hydrogen) atoms. The van der Waals surface area contributed by atoms with E-state index in [0.29, 0.717) is 17.4 Å². The zero-order chi connectivity index (χ0) is 10.6. The van der Waals surface area contributed by atoms with Gasteiger partial charge in [-0.25, -0.2) is 0 Å². The molecule has 1 fully saturated rings. The Kier molecular flexibility index (Phi) is 3.95. The highest BCUT2D eigenvalue weighted by atomic mass is 14.9. The molecule has 1 aliphatic carbocycles. The maximum absolute atomic E-state index is 8.89. The molecule has 0 radical (unpaired) electrons. The van der Waals surface area contributed by atoms with Crippen molar-refractivity contribution in [1.29, 1.82) is 5.26 Å². The summed E-state index contributed by atoms with van der Waals surface area (Å²) in [6.07, 6.45) is 5.63. The molecule has 0 aromatic rings. The third-order valence-corrected chi connectivity index (χ3v) is 4.05. The first-order valence-corrected chi connectivity index (χ1v) is 5.69. The summed E-state index contributed by atoms with van der Waals surface area (Å²) >= 11 is 0. The Bertz CT molecular complexity index is 207. The van der Waals surface area contributed by atoms with E-state index >= 15 is 0 Å². The van der Waals surface area contributed by atoms with Crippen LogP contribution in [-0.2, 0) is 0 Å². The monoisotopic (exact) mass is 194 g/mol. The van der Waals surface area contributed by atoms with Crippen LogP contribution in [0.5, 0.6) is 0 Å². The van der Waals surface area contributed by atoms with Gasteiger partial charge in [-0.1, -0.05) is 13.8 Å². The topological polar surface area (TPSA) is 35.8 Å². The Morgan fingerprint density at radius 2 is 2.00 bits per heavy atom. The molecule has 0 unspecified atom stereocenters. The minimum Gasteiger partial charge on any atom is -0.317 e. The van der Waals surface area contributed by atoms with Crippen LogP contribution < -0.4 is 5.32 Å². The first-order valence-electron chi connectivity index (χ1n) is 5.69. The van der Waals surface area contributed by atoms with Crippen LogP contribution in [0, 0.1) is 22.7 Å². The zero-order valence-corrected chi connectivity index (χ0v) is 9.64. The number of hydrogen-bond acceptors (Lipinski definition) is 2. The van der Waals surface area contributed by atoms with Crippen LogP contribution in [0.2, 0.25) is 0 Å². The molecular formula is C12H22N2. The third kappa shape index (κ3) is 2.27. The average molecular weight is 194 g/mol. The van der Waals surface area contributed by atoms with Gasteiger partial charge in [0.15, 0.2) is 0 Å². The first-order chi connectivity index (χ1) is 6.64. The predicted molar refractivity (Wildman–Crippen MR) is 58.8 cm³/mol. The number of nitrogens with zero attached hydrogens (tertiary/aromatic N) is 1. The largest absolute Gasteiger partial charge is 0.317 e. The first kappa shape index (κ1) is 11.5. The Balaban J connectivity index is 2.60. The number of nitrogens with one attached hydrogen (secondary N) is 1. The van der Waals surface area contributed by atoms with Crippen LogP contribution in [0.1, 0.15) is 46.0 Å². The highest BCUT2D eigenvalue weighted by Crippen LogP contribution is 2.44. The summed E-state index contributed by atoms with van der Waals surface area (Å²) in [5.41, 5.74) is 0.308. The molecule has 2 heteroatoms. The van der Waals surface area contributed by atoms with Crippen molar-refractivity contribution >= 4 is 0 Å². The Labute approximate surface area is 87.7 Å². The molecule has 0 aromatic heterocycles. The van der Waals surface area contributed by atoms with Crippen LogP contribution >= 0.6 is 0 Å². The lowest BCUT2D eigenvalue weighted by Crippen LogP contribution is -2.38. The molecule has 0 bridgehead atoms. The summed E-state index contributed by atoms with van der Waals surface area (Å²) in [4.78, 5) is 0. The minimum absolute atomic E-state index is 0.308. The smallest absolute Gasteiger partial charge is 0.0627 e. The summed E-state index contributed by atoms with van der Waals surface area (Å²) in [6.45, 7) is 4.52. The fourth-order valence-corrected chi connectivity index (χ4v) is 2.60. The fourth-order valence-electron chi connectivity index (χ4n) is 2.60. The lowest BCUT2D eigenvalue weighted by atomic mass is 9.64. The second-order valence-electron chi connectivity index (χ2n) is 4.91. The summed E-state index contributed by atoms with van der Waals surface area (Å²) < 4.78 is 0. The molecular weight excluding hydrogens is 172 g/mol. The van der Waals surface area contributed by atoms with E-state index in [-0.39, 0.29) is 0 Å². The van der Waals surface area contributed by atoms with Crippen molar-refractivity contribution < 1.29 is 0 Å². The fraction of sp³-hybridized carbons (Fsp3) is 0.917. The van der Waals surface area contributed by atoms with Crippen LogP contribution in [0.15, 0.2) is 0 Å². The van der Waals surface area contributed by atoms with E-state index < -0.39 is 0 Å². The van der Waals surface area contributed by atoms with Gasteiger partial charge in [-0.3, -0.25) is 0 Å². The molecule has 1 aliphatic rings. The second-order valence-corrected chi connectivity index (χ2v) is 4.91. The van der Waals surface area contributed by atoms with E-state index in [4.69, 9.17) is 5.26 Å². The molecule has 1 N–H and O–H groups in total. The van der Waals surface area contributed by atoms with Gasteiger partial charge in [0.25, 0.3) is 0 Å². The van der Waals surface area contributed by atoms with E-state index in [2.05, 4.69) is 25.2 Å². The maximum atomic E-state index is 8.89. The minimum atomic E-state index is 0.308. The molecule has 0 aliphatic heterocycles. The van der Waals surface area contributed by atoms with E-state index in [1.165, 1.54) is 25.7 Å². The molecule has 0 atom stereocenters. The molecule has 2 nitrogen and oxygen atoms in total. The van der Waals surface area contributed by atoms with Gasteiger partial charge in [-0.05, 0) is 44.1 Å². The molecule has 1 saturated carbocycles. The van der Waals surface area contributed by atoms with Gasteiger partial charge in [-0.2, -0.15) is 5.26 Å². The van der Waals surface area contributed by atoms with Crippen molar-refractivity contribution in [2.24, 2.45) is 11.3 Å². The van der Waals surface area contributed by atoms with Crippen molar-refractivity contribution in [3.05, 3.63) is 0 Å². The van der Waals surface area contributed by atoms with Crippen molar-refractivity contribution in [2.45, 2.75) is 52.0 Å². The van der Waals surface area contributed by atoms with Crippen LogP contribution in [0.25, 0.3) is 0 Å². The number of hydrogen-bond donors (Lipinski definition) is 1. The average Bonchev–Trinajstić information content (AvgIpc) is 2.19. The number of nitriles is 1. The summed E-state index contributed by atoms with van der Waals surface area (Å²) in [6, 6.07) is 3.05. The lowest BCUT2D eigenvalue weighted by Gasteiger charge is -2.42. The van der Waals surface area contributed by atoms with Gasteiger partial charge < -0.3 is 5.32 Å². The number of rotatable bonds is 3. The van der Waals surface area contributed by atoms with Gasteiger partial charge in [0.1, 0.15) is 0 Å². The van der Waals surface area contributed by atoms with Crippen LogP contribution in [-0.4, -0.2) is 13.1 Å². The van der Waals surface area contributed by atoms with Crippen molar-refractivity contribution in [3.8, 4) is 6.07 Å².